The predicted octanol–water partition coefficient (Wildman–Crippen LogP) is 1.75. The predicted molar refractivity (Wildman–Crippen MR) is 74.6 cm³/mol. The third kappa shape index (κ3) is 7.34. The van der Waals surface area contributed by atoms with E-state index in [2.05, 4.69) is 12.2 Å². The first-order valence-electron chi connectivity index (χ1n) is 7.04. The number of rotatable bonds is 8. The second kappa shape index (κ2) is 8.12. The molecule has 18 heavy (non-hydrogen) atoms. The average molecular weight is 277 g/mol. The van der Waals surface area contributed by atoms with Crippen LogP contribution in [-0.2, 0) is 14.6 Å². The van der Waals surface area contributed by atoms with Crippen LogP contribution in [0.4, 0.5) is 0 Å². The first kappa shape index (κ1) is 15.9. The molecule has 0 aromatic heterocycles. The molecule has 0 radical (unpaired) electrons. The zero-order valence-corrected chi connectivity index (χ0v) is 12.5. The normalized spacial score (nSPS) is 22.9. The van der Waals surface area contributed by atoms with Crippen LogP contribution in [0, 0.1) is 0 Å². The van der Waals surface area contributed by atoms with Gasteiger partial charge in [0.15, 0.2) is 0 Å². The maximum absolute atomic E-state index is 11.2. The minimum absolute atomic E-state index is 0.274. The van der Waals surface area contributed by atoms with Gasteiger partial charge in [-0.15, -0.1) is 0 Å². The highest BCUT2D eigenvalue weighted by Gasteiger charge is 2.17. The highest BCUT2D eigenvalue weighted by Crippen LogP contribution is 2.18. The van der Waals surface area contributed by atoms with Crippen LogP contribution in [0.3, 0.4) is 0 Å². The smallest absolute Gasteiger partial charge is 0.147 e. The third-order valence-corrected chi connectivity index (χ3v) is 4.42. The summed E-state index contributed by atoms with van der Waals surface area (Å²) in [5.74, 6) is 0.274. The van der Waals surface area contributed by atoms with Crippen LogP contribution < -0.4 is 5.32 Å². The molecule has 108 valence electrons. The van der Waals surface area contributed by atoms with Crippen molar-refractivity contribution in [3.63, 3.8) is 0 Å². The van der Waals surface area contributed by atoms with Crippen molar-refractivity contribution in [1.82, 2.24) is 5.32 Å². The Bertz CT molecular complexity index is 310. The SMILES string of the molecule is CCNC(CCC1CCCCO1)CCS(C)(=O)=O. The fourth-order valence-corrected chi connectivity index (χ4v) is 3.13. The van der Waals surface area contributed by atoms with Crippen LogP contribution in [0.1, 0.15) is 45.4 Å². The maximum Gasteiger partial charge on any atom is 0.147 e. The Kier molecular flexibility index (Phi) is 7.19. The molecule has 0 spiro atoms. The van der Waals surface area contributed by atoms with Crippen LogP contribution in [0.25, 0.3) is 0 Å². The highest BCUT2D eigenvalue weighted by molar-refractivity contribution is 7.90. The van der Waals surface area contributed by atoms with E-state index in [0.29, 0.717) is 18.6 Å². The van der Waals surface area contributed by atoms with E-state index in [-0.39, 0.29) is 5.75 Å². The van der Waals surface area contributed by atoms with Crippen molar-refractivity contribution >= 4 is 9.84 Å². The molecule has 1 saturated heterocycles. The van der Waals surface area contributed by atoms with Gasteiger partial charge in [0, 0.05) is 18.9 Å². The van der Waals surface area contributed by atoms with Gasteiger partial charge < -0.3 is 10.1 Å². The Balaban J connectivity index is 2.27. The van der Waals surface area contributed by atoms with E-state index in [4.69, 9.17) is 4.74 Å². The highest BCUT2D eigenvalue weighted by atomic mass is 32.2. The molecule has 1 rings (SSSR count). The van der Waals surface area contributed by atoms with Crippen molar-refractivity contribution in [2.75, 3.05) is 25.2 Å². The molecule has 0 amide bonds. The van der Waals surface area contributed by atoms with E-state index in [1.54, 1.807) is 0 Å². The number of sulfone groups is 1. The van der Waals surface area contributed by atoms with Crippen LogP contribution in [0.15, 0.2) is 0 Å². The van der Waals surface area contributed by atoms with Crippen molar-refractivity contribution in [3.05, 3.63) is 0 Å². The van der Waals surface area contributed by atoms with Gasteiger partial charge in [0.05, 0.1) is 11.9 Å². The Morgan fingerprint density at radius 2 is 2.11 bits per heavy atom. The third-order valence-electron chi connectivity index (χ3n) is 3.44. The van der Waals surface area contributed by atoms with Gasteiger partial charge in [-0.05, 0) is 45.1 Å². The first-order valence-corrected chi connectivity index (χ1v) is 9.10. The zero-order chi connectivity index (χ0) is 13.4. The van der Waals surface area contributed by atoms with Gasteiger partial charge in [-0.25, -0.2) is 8.42 Å². The van der Waals surface area contributed by atoms with Crippen LogP contribution >= 0.6 is 0 Å². The van der Waals surface area contributed by atoms with Crippen molar-refractivity contribution < 1.29 is 13.2 Å². The van der Waals surface area contributed by atoms with Gasteiger partial charge in [0.2, 0.25) is 0 Å². The summed E-state index contributed by atoms with van der Waals surface area (Å²) < 4.78 is 28.1. The Morgan fingerprint density at radius 3 is 2.67 bits per heavy atom. The molecule has 5 heteroatoms. The fourth-order valence-electron chi connectivity index (χ4n) is 2.42. The quantitative estimate of drug-likeness (QED) is 0.734. The summed E-state index contributed by atoms with van der Waals surface area (Å²) in [7, 11) is -2.85. The van der Waals surface area contributed by atoms with Gasteiger partial charge in [-0.3, -0.25) is 0 Å². The molecule has 1 fully saturated rings. The first-order chi connectivity index (χ1) is 8.51. The molecule has 2 atom stereocenters. The van der Waals surface area contributed by atoms with Gasteiger partial charge in [0.1, 0.15) is 9.84 Å². The molecule has 0 aromatic carbocycles. The average Bonchev–Trinajstić information content (AvgIpc) is 2.33. The van der Waals surface area contributed by atoms with Crippen LogP contribution in [0.2, 0.25) is 0 Å². The molecule has 0 aromatic rings. The molecule has 0 bridgehead atoms. The van der Waals surface area contributed by atoms with Gasteiger partial charge >= 0.3 is 0 Å². The minimum atomic E-state index is -2.85. The lowest BCUT2D eigenvalue weighted by Gasteiger charge is -2.25. The van der Waals surface area contributed by atoms with Gasteiger partial charge in [-0.2, -0.15) is 0 Å². The summed E-state index contributed by atoms with van der Waals surface area (Å²) in [5.41, 5.74) is 0. The molecular weight excluding hydrogens is 250 g/mol. The lowest BCUT2D eigenvalue weighted by atomic mass is 10.0. The monoisotopic (exact) mass is 277 g/mol. The number of hydrogen-bond donors (Lipinski definition) is 1. The van der Waals surface area contributed by atoms with Gasteiger partial charge in [-0.1, -0.05) is 6.92 Å². The molecule has 1 heterocycles. The second-order valence-electron chi connectivity index (χ2n) is 5.24. The topological polar surface area (TPSA) is 55.4 Å². The van der Waals surface area contributed by atoms with Gasteiger partial charge in [0.25, 0.3) is 0 Å². The Labute approximate surface area is 111 Å². The molecule has 1 aliphatic rings. The second-order valence-corrected chi connectivity index (χ2v) is 7.50. The van der Waals surface area contributed by atoms with E-state index in [0.717, 1.165) is 32.4 Å². The van der Waals surface area contributed by atoms with E-state index >= 15 is 0 Å². The van der Waals surface area contributed by atoms with Crippen LogP contribution in [-0.4, -0.2) is 45.7 Å². The van der Waals surface area contributed by atoms with Crippen molar-refractivity contribution in [2.24, 2.45) is 0 Å². The lowest BCUT2D eigenvalue weighted by Crippen LogP contribution is -2.32. The number of ether oxygens (including phenoxy) is 1. The lowest BCUT2D eigenvalue weighted by molar-refractivity contribution is 0.00856. The summed E-state index contributed by atoms with van der Waals surface area (Å²) >= 11 is 0. The summed E-state index contributed by atoms with van der Waals surface area (Å²) in [6.45, 7) is 3.84. The fraction of sp³-hybridized carbons (Fsp3) is 1.00. The molecule has 1 N–H and O–H groups in total. The summed E-state index contributed by atoms with van der Waals surface area (Å²) in [4.78, 5) is 0. The van der Waals surface area contributed by atoms with E-state index < -0.39 is 9.84 Å². The largest absolute Gasteiger partial charge is 0.378 e. The molecular formula is C13H27NO3S. The number of hydrogen-bond acceptors (Lipinski definition) is 4. The summed E-state index contributed by atoms with van der Waals surface area (Å²) in [5, 5.41) is 3.37. The Hall–Kier alpha value is -0.130. The minimum Gasteiger partial charge on any atom is -0.378 e. The summed E-state index contributed by atoms with van der Waals surface area (Å²) in [6.07, 6.45) is 8.05. The molecule has 1 aliphatic heterocycles. The molecule has 2 unspecified atom stereocenters. The van der Waals surface area contributed by atoms with Crippen molar-refractivity contribution in [1.29, 1.82) is 0 Å². The Morgan fingerprint density at radius 1 is 1.33 bits per heavy atom. The van der Waals surface area contributed by atoms with Crippen LogP contribution in [0.5, 0.6) is 0 Å². The number of nitrogens with one attached hydrogen (secondary N) is 1. The van der Waals surface area contributed by atoms with E-state index in [9.17, 15) is 8.42 Å². The standard InChI is InChI=1S/C13H27NO3S/c1-3-14-12(9-11-18(2,15)16)7-8-13-6-4-5-10-17-13/h12-14H,3-11H2,1-2H3. The van der Waals surface area contributed by atoms with E-state index in [1.165, 1.54) is 19.1 Å². The molecule has 0 aliphatic carbocycles. The maximum atomic E-state index is 11.2. The zero-order valence-electron chi connectivity index (χ0n) is 11.7. The molecule has 0 saturated carbocycles. The van der Waals surface area contributed by atoms with Crippen molar-refractivity contribution in [3.8, 4) is 0 Å². The van der Waals surface area contributed by atoms with E-state index in [1.807, 2.05) is 0 Å². The molecule has 4 nitrogen and oxygen atoms in total. The summed E-state index contributed by atoms with van der Waals surface area (Å²) in [6, 6.07) is 0.301. The van der Waals surface area contributed by atoms with Crippen molar-refractivity contribution in [2.45, 2.75) is 57.6 Å².